The Labute approximate surface area is 195 Å². The van der Waals surface area contributed by atoms with Crippen molar-refractivity contribution in [2.45, 2.75) is 37.5 Å². The molecule has 1 saturated carbocycles. The Bertz CT molecular complexity index is 1020. The SMILES string of the molecule is COc1ccccc1Oc1ccc(NC(=S)NCC2(c3ccccc3)CCCCC2)cn1. The molecule has 0 saturated heterocycles. The Hall–Kier alpha value is -3.12. The largest absolute Gasteiger partial charge is 0.493 e. The Balaban J connectivity index is 1.35. The standard InChI is InChI=1S/C26H29N3O2S/c1-30-22-12-6-7-13-23(22)31-24-15-14-21(18-27-24)29-25(32)28-19-26(16-8-3-9-17-26)20-10-4-2-5-11-20/h2,4-7,10-15,18H,3,8-9,16-17,19H2,1H3,(H2,28,29,32). The number of para-hydroxylation sites is 2. The fourth-order valence-corrected chi connectivity index (χ4v) is 4.53. The third-order valence-electron chi connectivity index (χ3n) is 6.06. The summed E-state index contributed by atoms with van der Waals surface area (Å²) >= 11 is 5.58. The van der Waals surface area contributed by atoms with Crippen LogP contribution in [0.2, 0.25) is 0 Å². The molecule has 6 heteroatoms. The van der Waals surface area contributed by atoms with Crippen molar-refractivity contribution in [3.05, 3.63) is 78.5 Å². The summed E-state index contributed by atoms with van der Waals surface area (Å²) in [4.78, 5) is 4.39. The molecule has 1 heterocycles. The molecule has 5 nitrogen and oxygen atoms in total. The highest BCUT2D eigenvalue weighted by Crippen LogP contribution is 2.39. The summed E-state index contributed by atoms with van der Waals surface area (Å²) in [7, 11) is 1.62. The lowest BCUT2D eigenvalue weighted by Crippen LogP contribution is -2.43. The summed E-state index contributed by atoms with van der Waals surface area (Å²) in [6, 6.07) is 22.0. The van der Waals surface area contributed by atoms with Crippen LogP contribution in [-0.4, -0.2) is 23.8 Å². The van der Waals surface area contributed by atoms with Gasteiger partial charge in [0.25, 0.3) is 0 Å². The Morgan fingerprint density at radius 1 is 0.938 bits per heavy atom. The first-order valence-corrected chi connectivity index (χ1v) is 11.5. The van der Waals surface area contributed by atoms with E-state index in [1.807, 2.05) is 36.4 Å². The molecule has 4 rings (SSSR count). The highest BCUT2D eigenvalue weighted by Gasteiger charge is 2.33. The monoisotopic (exact) mass is 447 g/mol. The van der Waals surface area contributed by atoms with E-state index in [-0.39, 0.29) is 5.41 Å². The second-order valence-corrected chi connectivity index (χ2v) is 8.56. The number of benzene rings is 2. The third kappa shape index (κ3) is 5.37. The average Bonchev–Trinajstić information content (AvgIpc) is 2.85. The lowest BCUT2D eigenvalue weighted by molar-refractivity contribution is 0.292. The molecule has 1 aliphatic carbocycles. The van der Waals surface area contributed by atoms with Crippen molar-refractivity contribution in [3.63, 3.8) is 0 Å². The number of rotatable bonds is 7. The van der Waals surface area contributed by atoms with E-state index in [0.717, 1.165) is 12.2 Å². The van der Waals surface area contributed by atoms with Gasteiger partial charge >= 0.3 is 0 Å². The van der Waals surface area contributed by atoms with Gasteiger partial charge in [0.15, 0.2) is 16.6 Å². The van der Waals surface area contributed by atoms with Crippen LogP contribution in [0.25, 0.3) is 0 Å². The summed E-state index contributed by atoms with van der Waals surface area (Å²) in [6.07, 6.45) is 7.91. The van der Waals surface area contributed by atoms with E-state index in [2.05, 4.69) is 45.9 Å². The maximum Gasteiger partial charge on any atom is 0.219 e. The lowest BCUT2D eigenvalue weighted by Gasteiger charge is -2.38. The predicted octanol–water partition coefficient (Wildman–Crippen LogP) is 6.07. The van der Waals surface area contributed by atoms with Crippen LogP contribution in [0.4, 0.5) is 5.69 Å². The van der Waals surface area contributed by atoms with Crippen LogP contribution in [0, 0.1) is 0 Å². The molecule has 0 unspecified atom stereocenters. The maximum atomic E-state index is 5.84. The average molecular weight is 448 g/mol. The van der Waals surface area contributed by atoms with Gasteiger partial charge in [-0.05, 0) is 48.8 Å². The van der Waals surface area contributed by atoms with E-state index in [0.29, 0.717) is 22.5 Å². The molecule has 3 aromatic rings. The van der Waals surface area contributed by atoms with Gasteiger partial charge < -0.3 is 20.1 Å². The van der Waals surface area contributed by atoms with Crippen LogP contribution in [0.3, 0.4) is 0 Å². The number of aromatic nitrogens is 1. The zero-order chi connectivity index (χ0) is 22.2. The summed E-state index contributed by atoms with van der Waals surface area (Å²) in [6.45, 7) is 0.825. The molecule has 0 radical (unpaired) electrons. The van der Waals surface area contributed by atoms with Crippen LogP contribution in [-0.2, 0) is 5.41 Å². The van der Waals surface area contributed by atoms with Crippen molar-refractivity contribution in [2.24, 2.45) is 0 Å². The minimum atomic E-state index is 0.135. The highest BCUT2D eigenvalue weighted by molar-refractivity contribution is 7.80. The summed E-state index contributed by atoms with van der Waals surface area (Å²) in [5.41, 5.74) is 2.34. The number of anilines is 1. The van der Waals surface area contributed by atoms with Gasteiger partial charge in [-0.15, -0.1) is 0 Å². The highest BCUT2D eigenvalue weighted by atomic mass is 32.1. The Morgan fingerprint density at radius 2 is 1.66 bits per heavy atom. The Kier molecular flexibility index (Phi) is 7.22. The van der Waals surface area contributed by atoms with Crippen LogP contribution >= 0.6 is 12.2 Å². The van der Waals surface area contributed by atoms with Gasteiger partial charge in [0.1, 0.15) is 0 Å². The van der Waals surface area contributed by atoms with Crippen molar-refractivity contribution in [1.29, 1.82) is 0 Å². The van der Waals surface area contributed by atoms with E-state index in [4.69, 9.17) is 21.7 Å². The molecule has 32 heavy (non-hydrogen) atoms. The summed E-state index contributed by atoms with van der Waals surface area (Å²) in [5.74, 6) is 1.78. The zero-order valence-corrected chi connectivity index (χ0v) is 19.2. The lowest BCUT2D eigenvalue weighted by atomic mass is 9.69. The summed E-state index contributed by atoms with van der Waals surface area (Å²) < 4.78 is 11.2. The van der Waals surface area contributed by atoms with E-state index in [1.165, 1.54) is 37.7 Å². The minimum Gasteiger partial charge on any atom is -0.493 e. The van der Waals surface area contributed by atoms with Gasteiger partial charge in [-0.1, -0.05) is 61.7 Å². The van der Waals surface area contributed by atoms with Crippen LogP contribution in [0.1, 0.15) is 37.7 Å². The fraction of sp³-hybridized carbons (Fsp3) is 0.308. The Morgan fingerprint density at radius 3 is 2.34 bits per heavy atom. The molecule has 1 fully saturated rings. The van der Waals surface area contributed by atoms with Gasteiger partial charge in [0.2, 0.25) is 5.88 Å². The number of nitrogens with one attached hydrogen (secondary N) is 2. The normalized spacial score (nSPS) is 14.9. The van der Waals surface area contributed by atoms with Crippen molar-refractivity contribution >= 4 is 23.0 Å². The third-order valence-corrected chi connectivity index (χ3v) is 6.31. The smallest absolute Gasteiger partial charge is 0.219 e. The van der Waals surface area contributed by atoms with Crippen molar-refractivity contribution in [2.75, 3.05) is 19.0 Å². The predicted molar refractivity (Wildman–Crippen MR) is 133 cm³/mol. The topological polar surface area (TPSA) is 55.4 Å². The van der Waals surface area contributed by atoms with Gasteiger partial charge in [-0.25, -0.2) is 4.98 Å². The number of thiocarbonyl (C=S) groups is 1. The van der Waals surface area contributed by atoms with E-state index < -0.39 is 0 Å². The van der Waals surface area contributed by atoms with Crippen LogP contribution in [0.5, 0.6) is 17.4 Å². The summed E-state index contributed by atoms with van der Waals surface area (Å²) in [5, 5.41) is 7.30. The molecule has 0 aliphatic heterocycles. The number of hydrogen-bond donors (Lipinski definition) is 2. The molecule has 1 aromatic heterocycles. The number of nitrogens with zero attached hydrogens (tertiary/aromatic N) is 1. The van der Waals surface area contributed by atoms with Gasteiger partial charge in [-0.2, -0.15) is 0 Å². The van der Waals surface area contributed by atoms with Gasteiger partial charge in [0.05, 0.1) is 19.0 Å². The second-order valence-electron chi connectivity index (χ2n) is 8.15. The molecule has 2 aromatic carbocycles. The fourth-order valence-electron chi connectivity index (χ4n) is 4.34. The molecule has 166 valence electrons. The molecule has 0 atom stereocenters. The first-order valence-electron chi connectivity index (χ1n) is 11.1. The number of ether oxygens (including phenoxy) is 2. The first-order chi connectivity index (χ1) is 15.7. The van der Waals surface area contributed by atoms with Crippen LogP contribution < -0.4 is 20.1 Å². The van der Waals surface area contributed by atoms with E-state index in [9.17, 15) is 0 Å². The number of hydrogen-bond acceptors (Lipinski definition) is 4. The van der Waals surface area contributed by atoms with Crippen molar-refractivity contribution in [3.8, 4) is 17.4 Å². The van der Waals surface area contributed by atoms with Crippen molar-refractivity contribution in [1.82, 2.24) is 10.3 Å². The maximum absolute atomic E-state index is 5.84. The molecule has 2 N–H and O–H groups in total. The minimum absolute atomic E-state index is 0.135. The molecular formula is C26H29N3O2S. The number of methoxy groups -OCH3 is 1. The number of pyridine rings is 1. The first kappa shape index (κ1) is 22.1. The quantitative estimate of drug-likeness (QED) is 0.429. The van der Waals surface area contributed by atoms with Crippen LogP contribution in [0.15, 0.2) is 72.9 Å². The molecule has 0 amide bonds. The van der Waals surface area contributed by atoms with E-state index >= 15 is 0 Å². The molecule has 0 bridgehead atoms. The van der Waals surface area contributed by atoms with Gasteiger partial charge in [0, 0.05) is 18.0 Å². The molecular weight excluding hydrogens is 418 g/mol. The van der Waals surface area contributed by atoms with Gasteiger partial charge in [-0.3, -0.25) is 0 Å². The van der Waals surface area contributed by atoms with Crippen molar-refractivity contribution < 1.29 is 9.47 Å². The zero-order valence-electron chi connectivity index (χ0n) is 18.3. The second kappa shape index (κ2) is 10.5. The molecule has 1 aliphatic rings. The molecule has 0 spiro atoms. The van der Waals surface area contributed by atoms with E-state index in [1.54, 1.807) is 13.3 Å².